The largest absolute Gasteiger partial charge is 0.508 e. The molecule has 2 aromatic carbocycles. The van der Waals surface area contributed by atoms with Gasteiger partial charge < -0.3 is 10.2 Å². The maximum absolute atomic E-state index is 10.3. The van der Waals surface area contributed by atoms with Gasteiger partial charge >= 0.3 is 0 Å². The standard InChI is InChI=1S/C21H28O2S/c1-13(2)16-7-9-18(19(22)11-16)15(4)6-5-14(3)17-8-10-21(24)20(23)12-17/h7-15,22-24H,5-6H2,1-4H3. The molecule has 0 aliphatic carbocycles. The van der Waals surface area contributed by atoms with Crippen molar-refractivity contribution < 1.29 is 10.2 Å². The number of phenolic OH excluding ortho intramolecular Hbond substituents is 2. The average molecular weight is 345 g/mol. The molecule has 24 heavy (non-hydrogen) atoms. The van der Waals surface area contributed by atoms with Gasteiger partial charge in [0, 0.05) is 4.90 Å². The van der Waals surface area contributed by atoms with Gasteiger partial charge in [0.05, 0.1) is 0 Å². The Kier molecular flexibility index (Phi) is 6.22. The van der Waals surface area contributed by atoms with Gasteiger partial charge in [-0.15, -0.1) is 12.6 Å². The van der Waals surface area contributed by atoms with Crippen LogP contribution < -0.4 is 0 Å². The molecular formula is C21H28O2S. The summed E-state index contributed by atoms with van der Waals surface area (Å²) in [6.07, 6.45) is 1.98. The Morgan fingerprint density at radius 1 is 0.792 bits per heavy atom. The van der Waals surface area contributed by atoms with E-state index in [0.717, 1.165) is 24.0 Å². The molecule has 2 nitrogen and oxygen atoms in total. The first-order valence-electron chi connectivity index (χ1n) is 8.64. The van der Waals surface area contributed by atoms with Crippen LogP contribution >= 0.6 is 12.6 Å². The van der Waals surface area contributed by atoms with Gasteiger partial charge in [-0.05, 0) is 65.5 Å². The molecule has 2 atom stereocenters. The van der Waals surface area contributed by atoms with Crippen LogP contribution in [-0.4, -0.2) is 10.2 Å². The lowest BCUT2D eigenvalue weighted by atomic mass is 9.88. The highest BCUT2D eigenvalue weighted by atomic mass is 32.1. The first-order valence-corrected chi connectivity index (χ1v) is 9.09. The SMILES string of the molecule is CC(C)c1ccc(C(C)CCC(C)c2ccc(S)c(O)c2)c(O)c1. The van der Waals surface area contributed by atoms with E-state index in [2.05, 4.69) is 52.5 Å². The molecule has 0 saturated heterocycles. The Morgan fingerprint density at radius 2 is 1.38 bits per heavy atom. The second kappa shape index (κ2) is 7.98. The number of rotatable bonds is 6. The lowest BCUT2D eigenvalue weighted by molar-refractivity contribution is 0.454. The van der Waals surface area contributed by atoms with Gasteiger partial charge in [-0.25, -0.2) is 0 Å². The van der Waals surface area contributed by atoms with Gasteiger partial charge in [-0.3, -0.25) is 0 Å². The van der Waals surface area contributed by atoms with Crippen molar-refractivity contribution in [3.05, 3.63) is 53.1 Å². The van der Waals surface area contributed by atoms with E-state index in [-0.39, 0.29) is 5.75 Å². The molecule has 0 fully saturated rings. The summed E-state index contributed by atoms with van der Waals surface area (Å²) in [6.45, 7) is 8.59. The van der Waals surface area contributed by atoms with Gasteiger partial charge in [-0.2, -0.15) is 0 Å². The minimum Gasteiger partial charge on any atom is -0.508 e. The number of hydrogen-bond acceptors (Lipinski definition) is 3. The van der Waals surface area contributed by atoms with E-state index >= 15 is 0 Å². The molecule has 0 heterocycles. The van der Waals surface area contributed by atoms with Crippen LogP contribution in [-0.2, 0) is 0 Å². The zero-order valence-electron chi connectivity index (χ0n) is 15.0. The smallest absolute Gasteiger partial charge is 0.129 e. The molecule has 0 aliphatic heterocycles. The second-order valence-electron chi connectivity index (χ2n) is 7.10. The maximum atomic E-state index is 10.3. The van der Waals surface area contributed by atoms with E-state index in [1.165, 1.54) is 5.56 Å². The quantitative estimate of drug-likeness (QED) is 0.546. The summed E-state index contributed by atoms with van der Waals surface area (Å²) in [5, 5.41) is 20.1. The molecule has 130 valence electrons. The highest BCUT2D eigenvalue weighted by molar-refractivity contribution is 7.80. The highest BCUT2D eigenvalue weighted by Crippen LogP contribution is 2.35. The summed E-state index contributed by atoms with van der Waals surface area (Å²) in [5.74, 6) is 1.70. The Morgan fingerprint density at radius 3 is 1.96 bits per heavy atom. The topological polar surface area (TPSA) is 40.5 Å². The van der Waals surface area contributed by atoms with Gasteiger partial charge in [-0.1, -0.05) is 45.9 Å². The average Bonchev–Trinajstić information content (AvgIpc) is 2.54. The van der Waals surface area contributed by atoms with Crippen LogP contribution in [0.5, 0.6) is 11.5 Å². The first kappa shape index (κ1) is 18.7. The predicted molar refractivity (Wildman–Crippen MR) is 104 cm³/mol. The van der Waals surface area contributed by atoms with E-state index in [1.54, 1.807) is 6.07 Å². The van der Waals surface area contributed by atoms with Crippen LogP contribution in [0.4, 0.5) is 0 Å². The fourth-order valence-corrected chi connectivity index (χ4v) is 3.14. The fourth-order valence-electron chi connectivity index (χ4n) is 3.01. The highest BCUT2D eigenvalue weighted by Gasteiger charge is 2.15. The minimum atomic E-state index is 0.234. The van der Waals surface area contributed by atoms with Gasteiger partial charge in [0.15, 0.2) is 0 Å². The molecule has 2 rings (SSSR count). The summed E-state index contributed by atoms with van der Waals surface area (Å²) in [7, 11) is 0. The van der Waals surface area contributed by atoms with Crippen molar-refractivity contribution >= 4 is 12.6 Å². The van der Waals surface area contributed by atoms with E-state index in [0.29, 0.717) is 28.4 Å². The van der Waals surface area contributed by atoms with Gasteiger partial charge in [0.2, 0.25) is 0 Å². The number of phenols is 2. The fraction of sp³-hybridized carbons (Fsp3) is 0.429. The monoisotopic (exact) mass is 344 g/mol. The van der Waals surface area contributed by atoms with Crippen LogP contribution in [0.15, 0.2) is 41.3 Å². The number of hydrogen-bond donors (Lipinski definition) is 3. The van der Waals surface area contributed by atoms with Gasteiger partial charge in [0.1, 0.15) is 11.5 Å². The molecular weight excluding hydrogens is 316 g/mol. The van der Waals surface area contributed by atoms with Gasteiger partial charge in [0.25, 0.3) is 0 Å². The van der Waals surface area contributed by atoms with Crippen molar-refractivity contribution in [2.75, 3.05) is 0 Å². The molecule has 3 heteroatoms. The number of aromatic hydroxyl groups is 2. The lowest BCUT2D eigenvalue weighted by Gasteiger charge is -2.18. The van der Waals surface area contributed by atoms with Crippen LogP contribution in [0.2, 0.25) is 0 Å². The summed E-state index contributed by atoms with van der Waals surface area (Å²) >= 11 is 4.20. The molecule has 0 radical (unpaired) electrons. The third kappa shape index (κ3) is 4.47. The zero-order chi connectivity index (χ0) is 17.9. The Hall–Kier alpha value is -1.61. The minimum absolute atomic E-state index is 0.234. The Balaban J connectivity index is 2.02. The predicted octanol–water partition coefficient (Wildman–Crippen LogP) is 6.20. The van der Waals surface area contributed by atoms with Crippen molar-refractivity contribution in [1.29, 1.82) is 0 Å². The van der Waals surface area contributed by atoms with Crippen molar-refractivity contribution in [2.45, 2.75) is 63.2 Å². The van der Waals surface area contributed by atoms with E-state index in [9.17, 15) is 10.2 Å². The lowest BCUT2D eigenvalue weighted by Crippen LogP contribution is -2.00. The van der Waals surface area contributed by atoms with E-state index in [4.69, 9.17) is 0 Å². The van der Waals surface area contributed by atoms with Crippen LogP contribution in [0.3, 0.4) is 0 Å². The molecule has 2 N–H and O–H groups in total. The molecule has 0 aromatic heterocycles. The third-order valence-electron chi connectivity index (χ3n) is 4.85. The van der Waals surface area contributed by atoms with E-state index < -0.39 is 0 Å². The molecule has 2 unspecified atom stereocenters. The van der Waals surface area contributed by atoms with Crippen LogP contribution in [0.1, 0.15) is 75.0 Å². The molecule has 0 amide bonds. The van der Waals surface area contributed by atoms with Crippen molar-refractivity contribution in [1.82, 2.24) is 0 Å². The Labute approximate surface area is 151 Å². The van der Waals surface area contributed by atoms with Crippen LogP contribution in [0.25, 0.3) is 0 Å². The normalized spacial score (nSPS) is 13.9. The summed E-state index contributed by atoms with van der Waals surface area (Å²) in [6, 6.07) is 11.7. The maximum Gasteiger partial charge on any atom is 0.129 e. The van der Waals surface area contributed by atoms with Crippen LogP contribution in [0, 0.1) is 0 Å². The second-order valence-corrected chi connectivity index (χ2v) is 7.58. The first-order chi connectivity index (χ1) is 11.3. The number of thiol groups is 1. The third-order valence-corrected chi connectivity index (χ3v) is 5.23. The van der Waals surface area contributed by atoms with Crippen molar-refractivity contribution in [3.8, 4) is 11.5 Å². The van der Waals surface area contributed by atoms with Crippen molar-refractivity contribution in [3.63, 3.8) is 0 Å². The summed E-state index contributed by atoms with van der Waals surface area (Å²) in [4.78, 5) is 0.606. The molecule has 0 aliphatic rings. The molecule has 0 saturated carbocycles. The Bertz CT molecular complexity index is 694. The van der Waals surface area contributed by atoms with Crippen molar-refractivity contribution in [2.24, 2.45) is 0 Å². The number of benzene rings is 2. The molecule has 0 bridgehead atoms. The summed E-state index contributed by atoms with van der Waals surface area (Å²) in [5.41, 5.74) is 3.30. The zero-order valence-corrected chi connectivity index (χ0v) is 15.8. The molecule has 0 spiro atoms. The van der Waals surface area contributed by atoms with E-state index in [1.807, 2.05) is 18.2 Å². The molecule has 2 aromatic rings. The summed E-state index contributed by atoms with van der Waals surface area (Å²) < 4.78 is 0.